The molecule has 188 valence electrons. The molecule has 0 aliphatic heterocycles. The number of nitrogens with zero attached hydrogens (tertiary/aromatic N) is 1. The largest absolute Gasteiger partial charge is 0.497 e. The minimum atomic E-state index is -0.755. The molecular weight excluding hydrogens is 569 g/mol. The summed E-state index contributed by atoms with van der Waals surface area (Å²) in [5, 5.41) is 7.73. The molecule has 3 rings (SSSR count). The third kappa shape index (κ3) is 8.26. The van der Waals surface area contributed by atoms with Crippen LogP contribution < -0.4 is 20.2 Å². The number of hydrazone groups is 1. The molecule has 0 aliphatic carbocycles. The summed E-state index contributed by atoms with van der Waals surface area (Å²) < 4.78 is 11.6. The topological polar surface area (TPSA) is 89.0 Å². The van der Waals surface area contributed by atoms with E-state index in [1.807, 2.05) is 6.07 Å². The molecule has 0 saturated carbocycles. The lowest BCUT2D eigenvalue weighted by Crippen LogP contribution is -2.43. The lowest BCUT2D eigenvalue weighted by molar-refractivity contribution is -0.128. The number of nitrogens with one attached hydrogen (secondary N) is 2. The molecule has 1 unspecified atom stereocenters. The van der Waals surface area contributed by atoms with Crippen molar-refractivity contribution in [2.75, 3.05) is 7.11 Å². The van der Waals surface area contributed by atoms with Gasteiger partial charge >= 0.3 is 0 Å². The Balaban J connectivity index is 1.47. The van der Waals surface area contributed by atoms with Crippen LogP contribution in [0.3, 0.4) is 0 Å². The summed E-state index contributed by atoms with van der Waals surface area (Å²) in [7, 11) is 1.58. The SMILES string of the molecule is COc1ccc(CC(=O)NC(C)C(=O)NN=Cc2ccc(OCc3ccc(Cl)cc3Cl)c(Br)c2)cc1. The number of hydrogen-bond acceptors (Lipinski definition) is 5. The molecule has 0 fully saturated rings. The third-order valence-corrected chi connectivity index (χ3v) is 6.24. The van der Waals surface area contributed by atoms with Crippen LogP contribution >= 0.6 is 39.1 Å². The first-order valence-electron chi connectivity index (χ1n) is 10.9. The molecule has 2 N–H and O–H groups in total. The summed E-state index contributed by atoms with van der Waals surface area (Å²) in [5.41, 5.74) is 4.79. The smallest absolute Gasteiger partial charge is 0.262 e. The van der Waals surface area contributed by atoms with Gasteiger partial charge < -0.3 is 14.8 Å². The van der Waals surface area contributed by atoms with Crippen LogP contribution in [0.25, 0.3) is 0 Å². The van der Waals surface area contributed by atoms with Crippen LogP contribution in [0, 0.1) is 0 Å². The average Bonchev–Trinajstić information content (AvgIpc) is 2.84. The molecule has 0 aromatic heterocycles. The number of hydrogen-bond donors (Lipinski definition) is 2. The molecule has 0 spiro atoms. The number of amides is 2. The summed E-state index contributed by atoms with van der Waals surface area (Å²) in [4.78, 5) is 24.5. The van der Waals surface area contributed by atoms with Gasteiger partial charge in [-0.25, -0.2) is 5.43 Å². The second kappa shape index (κ2) is 13.3. The van der Waals surface area contributed by atoms with Gasteiger partial charge in [-0.2, -0.15) is 5.10 Å². The van der Waals surface area contributed by atoms with E-state index < -0.39 is 11.9 Å². The molecule has 1 atom stereocenters. The number of carbonyl (C=O) groups excluding carboxylic acids is 2. The molecule has 10 heteroatoms. The van der Waals surface area contributed by atoms with Crippen molar-refractivity contribution in [3.63, 3.8) is 0 Å². The Morgan fingerprint density at radius 3 is 2.50 bits per heavy atom. The highest BCUT2D eigenvalue weighted by Gasteiger charge is 2.15. The Hall–Kier alpha value is -3.07. The molecule has 36 heavy (non-hydrogen) atoms. The van der Waals surface area contributed by atoms with Gasteiger partial charge in [-0.3, -0.25) is 9.59 Å². The lowest BCUT2D eigenvalue weighted by atomic mass is 10.1. The van der Waals surface area contributed by atoms with E-state index in [1.165, 1.54) is 6.21 Å². The van der Waals surface area contributed by atoms with E-state index in [1.54, 1.807) is 68.6 Å². The maximum absolute atomic E-state index is 12.3. The van der Waals surface area contributed by atoms with E-state index in [4.69, 9.17) is 32.7 Å². The van der Waals surface area contributed by atoms with E-state index in [-0.39, 0.29) is 18.9 Å². The zero-order valence-electron chi connectivity index (χ0n) is 19.6. The molecule has 7 nitrogen and oxygen atoms in total. The highest BCUT2D eigenvalue weighted by molar-refractivity contribution is 9.10. The Kier molecular flexibility index (Phi) is 10.2. The van der Waals surface area contributed by atoms with E-state index in [0.29, 0.717) is 26.0 Å². The molecular formula is C26H24BrCl2N3O4. The van der Waals surface area contributed by atoms with Crippen molar-refractivity contribution < 1.29 is 19.1 Å². The Morgan fingerprint density at radius 2 is 1.83 bits per heavy atom. The zero-order valence-corrected chi connectivity index (χ0v) is 22.7. The van der Waals surface area contributed by atoms with Crippen molar-refractivity contribution in [2.45, 2.75) is 26.0 Å². The van der Waals surface area contributed by atoms with E-state index in [9.17, 15) is 9.59 Å². The first kappa shape index (κ1) is 27.5. The Morgan fingerprint density at radius 1 is 1.08 bits per heavy atom. The average molecular weight is 593 g/mol. The standard InChI is InChI=1S/C26H24BrCl2N3O4/c1-16(31-25(33)12-17-3-8-21(35-2)9-4-17)26(34)32-30-14-18-5-10-24(22(27)11-18)36-15-19-6-7-20(28)13-23(19)29/h3-11,13-14,16H,12,15H2,1-2H3,(H,31,33)(H,32,34). The normalized spacial score (nSPS) is 11.7. The van der Waals surface area contributed by atoms with Crippen molar-refractivity contribution in [3.05, 3.63) is 91.9 Å². The second-order valence-corrected chi connectivity index (χ2v) is 9.46. The summed E-state index contributed by atoms with van der Waals surface area (Å²) in [5.74, 6) is 0.622. The molecule has 0 saturated heterocycles. The van der Waals surface area contributed by atoms with Gasteiger partial charge in [0.1, 0.15) is 24.1 Å². The van der Waals surface area contributed by atoms with Crippen molar-refractivity contribution in [3.8, 4) is 11.5 Å². The van der Waals surface area contributed by atoms with E-state index in [2.05, 4.69) is 31.8 Å². The summed E-state index contributed by atoms with van der Waals surface area (Å²) >= 11 is 15.6. The van der Waals surface area contributed by atoms with Crippen molar-refractivity contribution in [2.24, 2.45) is 5.10 Å². The van der Waals surface area contributed by atoms with Gasteiger partial charge in [0.2, 0.25) is 5.91 Å². The van der Waals surface area contributed by atoms with Crippen LogP contribution in [0.5, 0.6) is 11.5 Å². The molecule has 2 amide bonds. The van der Waals surface area contributed by atoms with Gasteiger partial charge in [-0.1, -0.05) is 41.4 Å². The first-order chi connectivity index (χ1) is 17.2. The van der Waals surface area contributed by atoms with Crippen LogP contribution in [0.2, 0.25) is 10.0 Å². The number of carbonyl (C=O) groups is 2. The molecule has 0 heterocycles. The van der Waals surface area contributed by atoms with Crippen molar-refractivity contribution in [1.29, 1.82) is 0 Å². The molecule has 0 radical (unpaired) electrons. The highest BCUT2D eigenvalue weighted by Crippen LogP contribution is 2.28. The van der Waals surface area contributed by atoms with Crippen LogP contribution in [0.4, 0.5) is 0 Å². The zero-order chi connectivity index (χ0) is 26.1. The number of halogens is 3. The van der Waals surface area contributed by atoms with Crippen LogP contribution in [0.1, 0.15) is 23.6 Å². The Labute approximate surface area is 227 Å². The van der Waals surface area contributed by atoms with Gasteiger partial charge in [0.05, 0.1) is 24.2 Å². The van der Waals surface area contributed by atoms with Gasteiger partial charge in [-0.05, 0) is 76.4 Å². The minimum absolute atomic E-state index is 0.150. The Bertz CT molecular complexity index is 1250. The number of methoxy groups -OCH3 is 1. The monoisotopic (exact) mass is 591 g/mol. The van der Waals surface area contributed by atoms with E-state index >= 15 is 0 Å². The van der Waals surface area contributed by atoms with Crippen LogP contribution in [0.15, 0.2) is 70.2 Å². The van der Waals surface area contributed by atoms with Crippen molar-refractivity contribution >= 4 is 57.2 Å². The number of benzene rings is 3. The van der Waals surface area contributed by atoms with Gasteiger partial charge in [0.15, 0.2) is 0 Å². The third-order valence-electron chi connectivity index (χ3n) is 5.04. The fraction of sp³-hybridized carbons (Fsp3) is 0.192. The van der Waals surface area contributed by atoms with E-state index in [0.717, 1.165) is 16.7 Å². The van der Waals surface area contributed by atoms with Crippen LogP contribution in [-0.2, 0) is 22.6 Å². The molecule has 0 aliphatic rings. The molecule has 3 aromatic rings. The lowest BCUT2D eigenvalue weighted by Gasteiger charge is -2.12. The number of ether oxygens (including phenoxy) is 2. The van der Waals surface area contributed by atoms with Crippen molar-refractivity contribution in [1.82, 2.24) is 10.7 Å². The molecule has 0 bridgehead atoms. The predicted molar refractivity (Wildman–Crippen MR) is 145 cm³/mol. The van der Waals surface area contributed by atoms with Gasteiger partial charge in [0, 0.05) is 15.6 Å². The van der Waals surface area contributed by atoms with Gasteiger partial charge in [-0.15, -0.1) is 0 Å². The number of rotatable bonds is 10. The quantitative estimate of drug-likeness (QED) is 0.239. The first-order valence-corrected chi connectivity index (χ1v) is 12.4. The maximum Gasteiger partial charge on any atom is 0.262 e. The highest BCUT2D eigenvalue weighted by atomic mass is 79.9. The summed E-state index contributed by atoms with van der Waals surface area (Å²) in [6.07, 6.45) is 1.64. The molecule has 3 aromatic carbocycles. The maximum atomic E-state index is 12.3. The summed E-state index contributed by atoms with van der Waals surface area (Å²) in [6, 6.07) is 17.0. The fourth-order valence-electron chi connectivity index (χ4n) is 3.06. The fourth-order valence-corrected chi connectivity index (χ4v) is 4.04. The summed E-state index contributed by atoms with van der Waals surface area (Å²) in [6.45, 7) is 1.87. The van der Waals surface area contributed by atoms with Crippen LogP contribution in [-0.4, -0.2) is 31.2 Å². The second-order valence-electron chi connectivity index (χ2n) is 7.76. The predicted octanol–water partition coefficient (Wildman–Crippen LogP) is 5.54. The minimum Gasteiger partial charge on any atom is -0.497 e. The van der Waals surface area contributed by atoms with Gasteiger partial charge in [0.25, 0.3) is 5.91 Å².